The van der Waals surface area contributed by atoms with Crippen LogP contribution in [0.3, 0.4) is 0 Å². The van der Waals surface area contributed by atoms with E-state index in [1.54, 1.807) is 6.20 Å². The first-order valence-electron chi connectivity index (χ1n) is 8.35. The molecular formula is C18H21N5O. The van der Waals surface area contributed by atoms with E-state index >= 15 is 0 Å². The summed E-state index contributed by atoms with van der Waals surface area (Å²) in [6, 6.07) is 6.65. The van der Waals surface area contributed by atoms with Crippen molar-refractivity contribution in [2.24, 2.45) is 0 Å². The summed E-state index contributed by atoms with van der Waals surface area (Å²) in [6.07, 6.45) is 6.46. The SMILES string of the molecule is CC(C)n1ncc2nc(-c3cccnc3)cc(N[C@@H]3CCOC3)c21. The molecule has 0 bridgehead atoms. The molecule has 1 N–H and O–H groups in total. The molecule has 1 saturated heterocycles. The maximum absolute atomic E-state index is 5.50. The number of anilines is 1. The van der Waals surface area contributed by atoms with E-state index in [1.807, 2.05) is 29.2 Å². The van der Waals surface area contributed by atoms with Gasteiger partial charge in [0.15, 0.2) is 0 Å². The molecule has 1 aliphatic rings. The summed E-state index contributed by atoms with van der Waals surface area (Å²) in [5.41, 5.74) is 4.90. The minimum atomic E-state index is 0.272. The number of aromatic nitrogens is 4. The molecule has 0 aliphatic carbocycles. The van der Waals surface area contributed by atoms with E-state index in [4.69, 9.17) is 9.72 Å². The van der Waals surface area contributed by atoms with Gasteiger partial charge in [-0.2, -0.15) is 5.10 Å². The number of hydrogen-bond donors (Lipinski definition) is 1. The van der Waals surface area contributed by atoms with E-state index in [0.29, 0.717) is 6.04 Å². The van der Waals surface area contributed by atoms with Crippen molar-refractivity contribution in [2.75, 3.05) is 18.5 Å². The van der Waals surface area contributed by atoms with Crippen molar-refractivity contribution in [3.8, 4) is 11.3 Å². The van der Waals surface area contributed by atoms with Gasteiger partial charge in [0, 0.05) is 30.6 Å². The molecule has 0 unspecified atom stereocenters. The number of hydrogen-bond acceptors (Lipinski definition) is 5. The summed E-state index contributed by atoms with van der Waals surface area (Å²) in [5.74, 6) is 0. The van der Waals surface area contributed by atoms with Crippen LogP contribution in [-0.2, 0) is 4.74 Å². The van der Waals surface area contributed by atoms with Crippen LogP contribution >= 0.6 is 0 Å². The smallest absolute Gasteiger partial charge is 0.111 e. The third kappa shape index (κ3) is 2.73. The Morgan fingerprint density at radius 3 is 2.96 bits per heavy atom. The van der Waals surface area contributed by atoms with Crippen molar-refractivity contribution in [2.45, 2.75) is 32.4 Å². The number of nitrogens with zero attached hydrogens (tertiary/aromatic N) is 4. The zero-order valence-corrected chi connectivity index (χ0v) is 13.9. The van der Waals surface area contributed by atoms with Gasteiger partial charge in [0.05, 0.1) is 30.2 Å². The summed E-state index contributed by atoms with van der Waals surface area (Å²) >= 11 is 0. The van der Waals surface area contributed by atoms with Gasteiger partial charge in [-0.15, -0.1) is 0 Å². The van der Waals surface area contributed by atoms with Crippen LogP contribution in [0.25, 0.3) is 22.3 Å². The lowest BCUT2D eigenvalue weighted by atomic mass is 10.1. The highest BCUT2D eigenvalue weighted by Gasteiger charge is 2.20. The Morgan fingerprint density at radius 2 is 2.25 bits per heavy atom. The molecule has 0 aromatic carbocycles. The molecule has 6 heteroatoms. The molecule has 0 radical (unpaired) electrons. The van der Waals surface area contributed by atoms with Crippen molar-refractivity contribution in [1.29, 1.82) is 0 Å². The highest BCUT2D eigenvalue weighted by Crippen LogP contribution is 2.30. The molecule has 3 aromatic heterocycles. The summed E-state index contributed by atoms with van der Waals surface area (Å²) in [4.78, 5) is 9.00. The van der Waals surface area contributed by atoms with E-state index in [1.165, 1.54) is 0 Å². The molecule has 24 heavy (non-hydrogen) atoms. The number of nitrogens with one attached hydrogen (secondary N) is 1. The molecule has 0 saturated carbocycles. The molecule has 4 rings (SSSR count). The van der Waals surface area contributed by atoms with Crippen molar-refractivity contribution in [3.05, 3.63) is 36.8 Å². The van der Waals surface area contributed by atoms with Crippen LogP contribution in [0.4, 0.5) is 5.69 Å². The summed E-state index contributed by atoms with van der Waals surface area (Å²) in [7, 11) is 0. The fraction of sp³-hybridized carbons (Fsp3) is 0.389. The van der Waals surface area contributed by atoms with Gasteiger partial charge in [-0.25, -0.2) is 4.98 Å². The Labute approximate surface area is 140 Å². The van der Waals surface area contributed by atoms with Crippen LogP contribution in [0.5, 0.6) is 0 Å². The monoisotopic (exact) mass is 323 g/mol. The summed E-state index contributed by atoms with van der Waals surface area (Å²) in [6.45, 7) is 5.81. The maximum atomic E-state index is 5.50. The lowest BCUT2D eigenvalue weighted by Gasteiger charge is -2.17. The van der Waals surface area contributed by atoms with Gasteiger partial charge in [0.25, 0.3) is 0 Å². The third-order valence-electron chi connectivity index (χ3n) is 4.29. The largest absolute Gasteiger partial charge is 0.379 e. The van der Waals surface area contributed by atoms with Gasteiger partial charge in [0.1, 0.15) is 11.0 Å². The Kier molecular flexibility index (Phi) is 3.90. The molecule has 6 nitrogen and oxygen atoms in total. The van der Waals surface area contributed by atoms with Gasteiger partial charge in [-0.3, -0.25) is 9.67 Å². The van der Waals surface area contributed by atoms with E-state index in [-0.39, 0.29) is 6.04 Å². The topological polar surface area (TPSA) is 64.9 Å². The lowest BCUT2D eigenvalue weighted by molar-refractivity contribution is 0.195. The maximum Gasteiger partial charge on any atom is 0.111 e. The van der Waals surface area contributed by atoms with Gasteiger partial charge in [-0.05, 0) is 38.5 Å². The first-order valence-corrected chi connectivity index (χ1v) is 8.35. The number of fused-ring (bicyclic) bond motifs is 1. The van der Waals surface area contributed by atoms with E-state index < -0.39 is 0 Å². The fourth-order valence-electron chi connectivity index (χ4n) is 3.10. The average Bonchev–Trinajstić information content (AvgIpc) is 3.25. The zero-order valence-electron chi connectivity index (χ0n) is 13.9. The highest BCUT2D eigenvalue weighted by atomic mass is 16.5. The van der Waals surface area contributed by atoms with Crippen LogP contribution in [0.1, 0.15) is 26.3 Å². The predicted molar refractivity (Wildman–Crippen MR) is 94.0 cm³/mol. The second-order valence-electron chi connectivity index (χ2n) is 6.42. The quantitative estimate of drug-likeness (QED) is 0.798. The Morgan fingerprint density at radius 1 is 1.33 bits per heavy atom. The van der Waals surface area contributed by atoms with E-state index in [2.05, 4.69) is 35.3 Å². The van der Waals surface area contributed by atoms with Crippen LogP contribution in [0, 0.1) is 0 Å². The molecule has 1 aliphatic heterocycles. The molecule has 1 atom stereocenters. The van der Waals surface area contributed by atoms with Crippen LogP contribution in [0.15, 0.2) is 36.8 Å². The third-order valence-corrected chi connectivity index (χ3v) is 4.29. The second-order valence-corrected chi connectivity index (χ2v) is 6.42. The van der Waals surface area contributed by atoms with Crippen molar-refractivity contribution in [3.63, 3.8) is 0 Å². The summed E-state index contributed by atoms with van der Waals surface area (Å²) in [5, 5.41) is 8.16. The zero-order chi connectivity index (χ0) is 16.5. The average molecular weight is 323 g/mol. The highest BCUT2D eigenvalue weighted by molar-refractivity contribution is 5.91. The molecule has 124 valence electrons. The standard InChI is InChI=1S/C18H21N5O/c1-12(2)23-18-16(21-14-5-7-24-11-14)8-15(22-17(18)10-20-23)13-4-3-6-19-9-13/h3-4,6,8-10,12,14H,5,7,11H2,1-2H3,(H,21,22)/t14-/m1/s1. The van der Waals surface area contributed by atoms with Crippen LogP contribution in [0.2, 0.25) is 0 Å². The number of pyridine rings is 2. The molecule has 1 fully saturated rings. The normalized spacial score (nSPS) is 17.7. The molecule has 0 amide bonds. The van der Waals surface area contributed by atoms with E-state index in [9.17, 15) is 0 Å². The minimum absolute atomic E-state index is 0.272. The van der Waals surface area contributed by atoms with Crippen molar-refractivity contribution >= 4 is 16.7 Å². The fourth-order valence-corrected chi connectivity index (χ4v) is 3.10. The van der Waals surface area contributed by atoms with E-state index in [0.717, 1.165) is 47.6 Å². The lowest BCUT2D eigenvalue weighted by Crippen LogP contribution is -2.20. The molecular weight excluding hydrogens is 302 g/mol. The molecule has 4 heterocycles. The van der Waals surface area contributed by atoms with Gasteiger partial charge in [0.2, 0.25) is 0 Å². The second kappa shape index (κ2) is 6.20. The van der Waals surface area contributed by atoms with Gasteiger partial charge >= 0.3 is 0 Å². The van der Waals surface area contributed by atoms with Gasteiger partial charge in [-0.1, -0.05) is 0 Å². The number of ether oxygens (including phenoxy) is 1. The summed E-state index contributed by atoms with van der Waals surface area (Å²) < 4.78 is 7.53. The molecule has 3 aromatic rings. The van der Waals surface area contributed by atoms with Crippen LogP contribution in [-0.4, -0.2) is 39.0 Å². The Balaban J connectivity index is 1.85. The predicted octanol–water partition coefficient (Wildman–Crippen LogP) is 3.28. The van der Waals surface area contributed by atoms with Crippen molar-refractivity contribution < 1.29 is 4.74 Å². The Bertz CT molecular complexity index is 837. The molecule has 0 spiro atoms. The first kappa shape index (κ1) is 15.1. The van der Waals surface area contributed by atoms with Crippen LogP contribution < -0.4 is 5.32 Å². The number of rotatable bonds is 4. The van der Waals surface area contributed by atoms with Gasteiger partial charge < -0.3 is 10.1 Å². The first-order chi connectivity index (χ1) is 11.7. The minimum Gasteiger partial charge on any atom is -0.379 e. The van der Waals surface area contributed by atoms with Crippen molar-refractivity contribution in [1.82, 2.24) is 19.7 Å². The Hall–Kier alpha value is -2.47.